The number of piperidine rings is 1. The van der Waals surface area contributed by atoms with Crippen LogP contribution in [-0.2, 0) is 0 Å². The van der Waals surface area contributed by atoms with Gasteiger partial charge >= 0.3 is 0 Å². The summed E-state index contributed by atoms with van der Waals surface area (Å²) in [6.45, 7) is 2.76. The monoisotopic (exact) mass is 262 g/mol. The van der Waals surface area contributed by atoms with Crippen molar-refractivity contribution in [1.82, 2.24) is 4.90 Å². The zero-order valence-corrected chi connectivity index (χ0v) is 11.2. The molecule has 2 rings (SSSR count). The molecule has 0 spiro atoms. The normalized spacial score (nSPS) is 17.7. The van der Waals surface area contributed by atoms with Crippen molar-refractivity contribution in [3.8, 4) is 11.8 Å². The lowest BCUT2D eigenvalue weighted by Crippen LogP contribution is -2.33. The topological polar surface area (TPSA) is 36.3 Å². The summed E-state index contributed by atoms with van der Waals surface area (Å²) < 4.78 is 18.6. The van der Waals surface area contributed by atoms with Crippen LogP contribution in [0.15, 0.2) is 18.2 Å². The number of likely N-dealkylation sites (tertiary alicyclic amines) is 1. The third-order valence-corrected chi connectivity index (χ3v) is 3.62. The number of methoxy groups -OCH3 is 1. The van der Waals surface area contributed by atoms with Gasteiger partial charge in [-0.25, -0.2) is 4.39 Å². The highest BCUT2D eigenvalue weighted by Crippen LogP contribution is 2.24. The van der Waals surface area contributed by atoms with E-state index in [1.807, 2.05) is 0 Å². The van der Waals surface area contributed by atoms with E-state index in [0.29, 0.717) is 6.54 Å². The molecule has 0 saturated carbocycles. The van der Waals surface area contributed by atoms with Gasteiger partial charge in [0.1, 0.15) is 0 Å². The number of hydrogen-bond donors (Lipinski definition) is 0. The first-order valence-electron chi connectivity index (χ1n) is 6.70. The Morgan fingerprint density at radius 2 is 2.11 bits per heavy atom. The van der Waals surface area contributed by atoms with E-state index in [1.54, 1.807) is 12.1 Å². The molecule has 0 aliphatic carbocycles. The summed E-state index contributed by atoms with van der Waals surface area (Å²) >= 11 is 0. The fraction of sp³-hybridized carbons (Fsp3) is 0.533. The molecule has 1 aromatic rings. The first-order valence-corrected chi connectivity index (χ1v) is 6.70. The van der Waals surface area contributed by atoms with Gasteiger partial charge in [-0.1, -0.05) is 12.5 Å². The molecule has 1 unspecified atom stereocenters. The molecule has 1 fully saturated rings. The Labute approximate surface area is 113 Å². The molecule has 1 saturated heterocycles. The lowest BCUT2D eigenvalue weighted by molar-refractivity contribution is 0.225. The molecule has 1 atom stereocenters. The fourth-order valence-electron chi connectivity index (χ4n) is 2.52. The number of nitrogens with zero attached hydrogens (tertiary/aromatic N) is 2. The van der Waals surface area contributed by atoms with Crippen LogP contribution in [0.25, 0.3) is 0 Å². The van der Waals surface area contributed by atoms with Crippen LogP contribution in [0.3, 0.4) is 0 Å². The van der Waals surface area contributed by atoms with Gasteiger partial charge in [0.2, 0.25) is 0 Å². The highest BCUT2D eigenvalue weighted by Gasteiger charge is 2.18. The van der Waals surface area contributed by atoms with Gasteiger partial charge in [-0.15, -0.1) is 0 Å². The van der Waals surface area contributed by atoms with Crippen molar-refractivity contribution in [3.63, 3.8) is 0 Å². The van der Waals surface area contributed by atoms with E-state index in [0.717, 1.165) is 18.7 Å². The van der Waals surface area contributed by atoms with E-state index in [4.69, 9.17) is 4.74 Å². The molecule has 1 heterocycles. The Bertz CT molecular complexity index is 464. The summed E-state index contributed by atoms with van der Waals surface area (Å²) in [5, 5.41) is 9.30. The van der Waals surface area contributed by atoms with Gasteiger partial charge in [0, 0.05) is 6.54 Å². The summed E-state index contributed by atoms with van der Waals surface area (Å²) in [6, 6.07) is 7.06. The Balaban J connectivity index is 2.08. The second kappa shape index (κ2) is 6.53. The molecule has 19 heavy (non-hydrogen) atoms. The molecule has 0 amide bonds. The van der Waals surface area contributed by atoms with Gasteiger partial charge in [0.15, 0.2) is 11.6 Å². The predicted molar refractivity (Wildman–Crippen MR) is 71.6 cm³/mol. The van der Waals surface area contributed by atoms with Gasteiger partial charge in [-0.05, 0) is 43.6 Å². The third kappa shape index (κ3) is 3.45. The Morgan fingerprint density at radius 1 is 1.37 bits per heavy atom. The van der Waals surface area contributed by atoms with Crippen LogP contribution in [0.5, 0.6) is 5.75 Å². The molecule has 0 N–H and O–H groups in total. The van der Waals surface area contributed by atoms with E-state index in [2.05, 4.69) is 11.0 Å². The summed E-state index contributed by atoms with van der Waals surface area (Å²) in [7, 11) is 1.44. The van der Waals surface area contributed by atoms with Crippen LogP contribution in [0.4, 0.5) is 4.39 Å². The average Bonchev–Trinajstić information content (AvgIpc) is 2.46. The maximum absolute atomic E-state index is 13.7. The van der Waals surface area contributed by atoms with E-state index >= 15 is 0 Å². The van der Waals surface area contributed by atoms with Crippen LogP contribution in [0.1, 0.15) is 30.7 Å². The van der Waals surface area contributed by atoms with Crippen LogP contribution in [-0.4, -0.2) is 31.6 Å². The number of rotatable bonds is 4. The minimum atomic E-state index is -0.404. The van der Waals surface area contributed by atoms with Crippen LogP contribution in [0.2, 0.25) is 0 Å². The van der Waals surface area contributed by atoms with Crippen LogP contribution < -0.4 is 4.74 Å². The molecule has 102 valence electrons. The Morgan fingerprint density at radius 3 is 2.68 bits per heavy atom. The highest BCUT2D eigenvalue weighted by molar-refractivity contribution is 5.33. The lowest BCUT2D eigenvalue weighted by atomic mass is 9.98. The van der Waals surface area contributed by atoms with Gasteiger partial charge in [-0.2, -0.15) is 5.26 Å². The number of halogens is 1. The number of nitriles is 1. The van der Waals surface area contributed by atoms with E-state index < -0.39 is 5.82 Å². The van der Waals surface area contributed by atoms with Crippen molar-refractivity contribution in [1.29, 1.82) is 5.26 Å². The van der Waals surface area contributed by atoms with Gasteiger partial charge in [-0.3, -0.25) is 0 Å². The van der Waals surface area contributed by atoms with Crippen molar-refractivity contribution in [3.05, 3.63) is 29.6 Å². The Kier molecular flexibility index (Phi) is 4.75. The van der Waals surface area contributed by atoms with Crippen molar-refractivity contribution >= 4 is 0 Å². The summed E-state index contributed by atoms with van der Waals surface area (Å²) in [5.74, 6) is -0.462. The molecule has 1 aliphatic heterocycles. The molecular formula is C15H19FN2O. The standard InChI is InChI=1S/C15H19FN2O/c1-19-15-6-5-12(9-14(15)16)13(10-17)11-18-7-3-2-4-8-18/h5-6,9,13H,2-4,7-8,11H2,1H3. The molecule has 1 aromatic carbocycles. The van der Waals surface area contributed by atoms with E-state index in [-0.39, 0.29) is 11.7 Å². The average molecular weight is 262 g/mol. The lowest BCUT2D eigenvalue weighted by Gasteiger charge is -2.28. The van der Waals surface area contributed by atoms with E-state index in [1.165, 1.54) is 32.4 Å². The molecule has 4 heteroatoms. The van der Waals surface area contributed by atoms with Gasteiger partial charge in [0.25, 0.3) is 0 Å². The number of hydrogen-bond acceptors (Lipinski definition) is 3. The molecular weight excluding hydrogens is 243 g/mol. The maximum atomic E-state index is 13.7. The third-order valence-electron chi connectivity index (χ3n) is 3.62. The van der Waals surface area contributed by atoms with E-state index in [9.17, 15) is 9.65 Å². The largest absolute Gasteiger partial charge is 0.494 e. The van der Waals surface area contributed by atoms with Crippen molar-refractivity contribution in [2.24, 2.45) is 0 Å². The summed E-state index contributed by atoms with van der Waals surface area (Å²) in [6.07, 6.45) is 3.65. The smallest absolute Gasteiger partial charge is 0.165 e. The second-order valence-electron chi connectivity index (χ2n) is 4.94. The molecule has 1 aliphatic rings. The highest BCUT2D eigenvalue weighted by atomic mass is 19.1. The SMILES string of the molecule is COc1ccc(C(C#N)CN2CCCCC2)cc1F. The first-order chi connectivity index (χ1) is 9.24. The molecule has 0 aromatic heterocycles. The van der Waals surface area contributed by atoms with Crippen molar-refractivity contribution < 1.29 is 9.13 Å². The van der Waals surface area contributed by atoms with Gasteiger partial charge in [0.05, 0.1) is 19.1 Å². The number of benzene rings is 1. The van der Waals surface area contributed by atoms with Crippen molar-refractivity contribution in [2.45, 2.75) is 25.2 Å². The quantitative estimate of drug-likeness (QED) is 0.837. The van der Waals surface area contributed by atoms with Gasteiger partial charge < -0.3 is 9.64 Å². The second-order valence-corrected chi connectivity index (χ2v) is 4.94. The first kappa shape index (κ1) is 13.8. The zero-order valence-electron chi connectivity index (χ0n) is 11.2. The van der Waals surface area contributed by atoms with Crippen LogP contribution >= 0.6 is 0 Å². The molecule has 0 radical (unpaired) electrons. The van der Waals surface area contributed by atoms with Crippen LogP contribution in [0, 0.1) is 17.1 Å². The molecule has 0 bridgehead atoms. The Hall–Kier alpha value is -1.60. The minimum absolute atomic E-state index is 0.221. The predicted octanol–water partition coefficient (Wildman–Crippen LogP) is 2.93. The summed E-state index contributed by atoms with van der Waals surface area (Å²) in [4.78, 5) is 2.29. The maximum Gasteiger partial charge on any atom is 0.165 e. The zero-order chi connectivity index (χ0) is 13.7. The fourth-order valence-corrected chi connectivity index (χ4v) is 2.52. The summed E-state index contributed by atoms with van der Waals surface area (Å²) in [5.41, 5.74) is 0.728. The number of ether oxygens (including phenoxy) is 1. The minimum Gasteiger partial charge on any atom is -0.494 e. The molecule has 3 nitrogen and oxygen atoms in total. The van der Waals surface area contributed by atoms with Crippen molar-refractivity contribution in [2.75, 3.05) is 26.7 Å².